The SMILES string of the molecule is CC(=O)OC(CC(O)/C(C)=C/COc1ccc(CCNC(=O)c2ccccc2)cc1)C(C)(C)O. The summed E-state index contributed by atoms with van der Waals surface area (Å²) < 4.78 is 10.9. The summed E-state index contributed by atoms with van der Waals surface area (Å²) in [4.78, 5) is 23.4. The number of carbonyl (C=O) groups excluding carboxylic acids is 2. The van der Waals surface area contributed by atoms with E-state index in [0.717, 1.165) is 5.56 Å². The highest BCUT2D eigenvalue weighted by Crippen LogP contribution is 2.21. The summed E-state index contributed by atoms with van der Waals surface area (Å²) in [5, 5.41) is 23.5. The third-order valence-corrected chi connectivity index (χ3v) is 5.37. The Kier molecular flexibility index (Phi) is 10.3. The maximum absolute atomic E-state index is 12.1. The fourth-order valence-corrected chi connectivity index (χ4v) is 3.24. The first kappa shape index (κ1) is 27.1. The third-order valence-electron chi connectivity index (χ3n) is 5.37. The molecule has 0 radical (unpaired) electrons. The van der Waals surface area contributed by atoms with Crippen molar-refractivity contribution in [2.24, 2.45) is 0 Å². The van der Waals surface area contributed by atoms with Crippen LogP contribution >= 0.6 is 0 Å². The molecule has 0 aromatic heterocycles. The number of ether oxygens (including phenoxy) is 2. The van der Waals surface area contributed by atoms with Crippen LogP contribution in [0.25, 0.3) is 0 Å². The Labute approximate surface area is 201 Å². The van der Waals surface area contributed by atoms with Gasteiger partial charge >= 0.3 is 5.97 Å². The molecule has 2 unspecified atom stereocenters. The van der Waals surface area contributed by atoms with E-state index in [2.05, 4.69) is 5.32 Å². The van der Waals surface area contributed by atoms with Crippen LogP contribution < -0.4 is 10.1 Å². The molecule has 2 atom stereocenters. The number of aliphatic hydroxyl groups is 2. The Bertz CT molecular complexity index is 947. The molecule has 184 valence electrons. The van der Waals surface area contributed by atoms with Gasteiger partial charge in [-0.25, -0.2) is 0 Å². The molecular weight excluding hydrogens is 434 g/mol. The lowest BCUT2D eigenvalue weighted by Crippen LogP contribution is -2.41. The minimum absolute atomic E-state index is 0.0842. The fourth-order valence-electron chi connectivity index (χ4n) is 3.24. The maximum atomic E-state index is 12.1. The quantitative estimate of drug-likeness (QED) is 0.325. The van der Waals surface area contributed by atoms with Gasteiger partial charge in [-0.2, -0.15) is 0 Å². The summed E-state index contributed by atoms with van der Waals surface area (Å²) in [5.74, 6) is 0.0860. The molecule has 0 bridgehead atoms. The van der Waals surface area contributed by atoms with E-state index in [-0.39, 0.29) is 18.9 Å². The molecule has 2 rings (SSSR count). The number of esters is 1. The lowest BCUT2D eigenvalue weighted by Gasteiger charge is -2.30. The first-order chi connectivity index (χ1) is 16.1. The highest BCUT2D eigenvalue weighted by Gasteiger charge is 2.32. The van der Waals surface area contributed by atoms with Gasteiger partial charge < -0.3 is 25.0 Å². The Morgan fingerprint density at radius 1 is 1.06 bits per heavy atom. The Hall–Kier alpha value is -3.16. The topological polar surface area (TPSA) is 105 Å². The molecule has 2 aromatic carbocycles. The molecule has 0 saturated carbocycles. The van der Waals surface area contributed by atoms with Crippen molar-refractivity contribution in [3.05, 3.63) is 77.4 Å². The van der Waals surface area contributed by atoms with Crippen LogP contribution in [0.15, 0.2) is 66.2 Å². The number of amides is 1. The van der Waals surface area contributed by atoms with E-state index in [9.17, 15) is 19.8 Å². The van der Waals surface area contributed by atoms with Crippen LogP contribution in [-0.4, -0.2) is 53.1 Å². The predicted octanol–water partition coefficient (Wildman–Crippen LogP) is 3.44. The van der Waals surface area contributed by atoms with Crippen molar-refractivity contribution < 1.29 is 29.3 Å². The van der Waals surface area contributed by atoms with Crippen LogP contribution in [0.2, 0.25) is 0 Å². The van der Waals surface area contributed by atoms with E-state index < -0.39 is 23.8 Å². The molecule has 0 spiro atoms. The predicted molar refractivity (Wildman–Crippen MR) is 131 cm³/mol. The zero-order valence-electron chi connectivity index (χ0n) is 20.3. The zero-order chi connectivity index (χ0) is 25.1. The van der Waals surface area contributed by atoms with E-state index in [1.807, 2.05) is 42.5 Å². The minimum atomic E-state index is -1.27. The summed E-state index contributed by atoms with van der Waals surface area (Å²) in [5.41, 5.74) is 1.11. The standard InChI is InChI=1S/C27H35NO6/c1-19(24(30)18-25(27(3,4)32)34-20(2)29)15-17-33-23-12-10-21(11-13-23)14-16-28-26(31)22-8-6-5-7-9-22/h5-13,15,24-25,30,32H,14,16-18H2,1-4H3,(H,28,31)/b19-15+. The van der Waals surface area contributed by atoms with Crippen LogP contribution in [0.5, 0.6) is 5.75 Å². The van der Waals surface area contributed by atoms with Crippen LogP contribution in [0.3, 0.4) is 0 Å². The summed E-state index contributed by atoms with van der Waals surface area (Å²) in [7, 11) is 0. The first-order valence-electron chi connectivity index (χ1n) is 11.4. The van der Waals surface area contributed by atoms with Gasteiger partial charge in [0.15, 0.2) is 0 Å². The lowest BCUT2D eigenvalue weighted by atomic mass is 9.93. The Morgan fingerprint density at radius 2 is 1.71 bits per heavy atom. The second-order valence-corrected chi connectivity index (χ2v) is 8.78. The van der Waals surface area contributed by atoms with Crippen molar-refractivity contribution in [3.63, 3.8) is 0 Å². The van der Waals surface area contributed by atoms with Crippen molar-refractivity contribution in [2.75, 3.05) is 13.2 Å². The summed E-state index contributed by atoms with van der Waals surface area (Å²) in [6, 6.07) is 16.7. The molecular formula is C27H35NO6. The minimum Gasteiger partial charge on any atom is -0.490 e. The first-order valence-corrected chi connectivity index (χ1v) is 11.4. The number of hydrogen-bond donors (Lipinski definition) is 3. The molecule has 0 aliphatic heterocycles. The van der Waals surface area contributed by atoms with Gasteiger partial charge in [0.05, 0.1) is 11.7 Å². The van der Waals surface area contributed by atoms with Crippen molar-refractivity contribution in [1.29, 1.82) is 0 Å². The fraction of sp³-hybridized carbons (Fsp3) is 0.407. The molecule has 34 heavy (non-hydrogen) atoms. The van der Waals surface area contributed by atoms with Gasteiger partial charge in [-0.3, -0.25) is 9.59 Å². The van der Waals surface area contributed by atoms with Crippen LogP contribution in [-0.2, 0) is 16.0 Å². The second-order valence-electron chi connectivity index (χ2n) is 8.78. The number of nitrogens with one attached hydrogen (secondary N) is 1. The number of hydrogen-bond acceptors (Lipinski definition) is 6. The third kappa shape index (κ3) is 9.37. The van der Waals surface area contributed by atoms with Crippen molar-refractivity contribution in [1.82, 2.24) is 5.32 Å². The van der Waals surface area contributed by atoms with E-state index in [1.165, 1.54) is 20.8 Å². The monoisotopic (exact) mass is 469 g/mol. The average Bonchev–Trinajstić information content (AvgIpc) is 2.79. The van der Waals surface area contributed by atoms with Crippen LogP contribution in [0, 0.1) is 0 Å². The maximum Gasteiger partial charge on any atom is 0.303 e. The number of benzene rings is 2. The number of rotatable bonds is 12. The van der Waals surface area contributed by atoms with Crippen molar-refractivity contribution >= 4 is 11.9 Å². The average molecular weight is 470 g/mol. The molecule has 1 amide bonds. The number of carbonyl (C=O) groups is 2. The van der Waals surface area contributed by atoms with Gasteiger partial charge in [-0.1, -0.05) is 30.3 Å². The van der Waals surface area contributed by atoms with Gasteiger partial charge in [0.25, 0.3) is 5.91 Å². The van der Waals surface area contributed by atoms with Crippen molar-refractivity contribution in [2.45, 2.75) is 58.3 Å². The van der Waals surface area contributed by atoms with Gasteiger partial charge in [0.2, 0.25) is 0 Å². The van der Waals surface area contributed by atoms with Gasteiger partial charge in [0, 0.05) is 25.5 Å². The normalized spacial score (nSPS) is 13.6. The van der Waals surface area contributed by atoms with Gasteiger partial charge in [-0.05, 0) is 68.7 Å². The Morgan fingerprint density at radius 3 is 2.29 bits per heavy atom. The molecule has 0 aliphatic carbocycles. The molecule has 7 heteroatoms. The van der Waals surface area contributed by atoms with Crippen LogP contribution in [0.4, 0.5) is 0 Å². The highest BCUT2D eigenvalue weighted by molar-refractivity contribution is 5.94. The molecule has 0 saturated heterocycles. The molecule has 0 fully saturated rings. The largest absolute Gasteiger partial charge is 0.490 e. The van der Waals surface area contributed by atoms with Gasteiger partial charge in [-0.15, -0.1) is 0 Å². The molecule has 0 aliphatic rings. The highest BCUT2D eigenvalue weighted by atomic mass is 16.6. The number of aliphatic hydroxyl groups excluding tert-OH is 1. The van der Waals surface area contributed by atoms with Gasteiger partial charge in [0.1, 0.15) is 18.5 Å². The Balaban J connectivity index is 1.78. The summed E-state index contributed by atoms with van der Waals surface area (Å²) in [6.07, 6.45) is 0.838. The smallest absolute Gasteiger partial charge is 0.303 e. The molecule has 0 heterocycles. The molecule has 3 N–H and O–H groups in total. The second kappa shape index (κ2) is 12.9. The van der Waals surface area contributed by atoms with E-state index in [1.54, 1.807) is 25.1 Å². The van der Waals surface area contributed by atoms with E-state index in [4.69, 9.17) is 9.47 Å². The lowest BCUT2D eigenvalue weighted by molar-refractivity contribution is -0.161. The van der Waals surface area contributed by atoms with E-state index >= 15 is 0 Å². The van der Waals surface area contributed by atoms with Crippen molar-refractivity contribution in [3.8, 4) is 5.75 Å². The van der Waals surface area contributed by atoms with Crippen LogP contribution in [0.1, 0.15) is 50.0 Å². The van der Waals surface area contributed by atoms with E-state index in [0.29, 0.717) is 29.9 Å². The zero-order valence-corrected chi connectivity index (χ0v) is 20.3. The summed E-state index contributed by atoms with van der Waals surface area (Å²) in [6.45, 7) is 6.90. The summed E-state index contributed by atoms with van der Waals surface area (Å²) >= 11 is 0. The molecule has 7 nitrogen and oxygen atoms in total. The molecule has 2 aromatic rings.